The first-order valence-electron chi connectivity index (χ1n) is 10.1. The van der Waals surface area contributed by atoms with Crippen LogP contribution in [0.2, 0.25) is 0 Å². The fourth-order valence-corrected chi connectivity index (χ4v) is 2.99. The number of ether oxygens (including phenoxy) is 4. The molecule has 2 aromatic rings. The van der Waals surface area contributed by atoms with E-state index in [0.29, 0.717) is 23.7 Å². The first kappa shape index (κ1) is 24.1. The van der Waals surface area contributed by atoms with Crippen LogP contribution in [0.1, 0.15) is 50.0 Å². The van der Waals surface area contributed by atoms with Gasteiger partial charge in [0.25, 0.3) is 5.91 Å². The standard InChI is InChI=1S/C24H31NO6/c1-8-19(31-16-11-9-15(10-12-16)24(2,3)4)22(26)25-18-14-21(29-6)20(28-5)13-17(18)23(27)30-7/h9-14,19H,8H2,1-7H3,(H,25,26). The molecule has 1 atom stereocenters. The van der Waals surface area contributed by atoms with Crippen LogP contribution in [0.4, 0.5) is 5.69 Å². The molecular weight excluding hydrogens is 398 g/mol. The number of anilines is 1. The van der Waals surface area contributed by atoms with Gasteiger partial charge in [0, 0.05) is 12.1 Å². The number of methoxy groups -OCH3 is 3. The summed E-state index contributed by atoms with van der Waals surface area (Å²) in [4.78, 5) is 25.2. The van der Waals surface area contributed by atoms with E-state index in [4.69, 9.17) is 18.9 Å². The van der Waals surface area contributed by atoms with Gasteiger partial charge in [0.15, 0.2) is 17.6 Å². The minimum Gasteiger partial charge on any atom is -0.493 e. The van der Waals surface area contributed by atoms with E-state index in [1.807, 2.05) is 31.2 Å². The molecule has 0 aliphatic heterocycles. The van der Waals surface area contributed by atoms with Gasteiger partial charge in [-0.1, -0.05) is 39.8 Å². The van der Waals surface area contributed by atoms with Gasteiger partial charge in [-0.05, 0) is 29.5 Å². The van der Waals surface area contributed by atoms with Crippen molar-refractivity contribution in [3.63, 3.8) is 0 Å². The highest BCUT2D eigenvalue weighted by Crippen LogP contribution is 2.34. The van der Waals surface area contributed by atoms with E-state index in [9.17, 15) is 9.59 Å². The Bertz CT molecular complexity index is 915. The van der Waals surface area contributed by atoms with Crippen molar-refractivity contribution in [3.05, 3.63) is 47.5 Å². The zero-order valence-electron chi connectivity index (χ0n) is 19.2. The molecule has 0 bridgehead atoms. The normalized spacial score (nSPS) is 12.0. The summed E-state index contributed by atoms with van der Waals surface area (Å²) in [7, 11) is 4.20. The number of rotatable bonds is 8. The second kappa shape index (κ2) is 10.2. The maximum Gasteiger partial charge on any atom is 0.340 e. The Labute approximate surface area is 183 Å². The molecule has 31 heavy (non-hydrogen) atoms. The number of hydrogen-bond acceptors (Lipinski definition) is 6. The summed E-state index contributed by atoms with van der Waals surface area (Å²) in [6, 6.07) is 10.7. The topological polar surface area (TPSA) is 83.1 Å². The van der Waals surface area contributed by atoms with E-state index in [0.717, 1.165) is 0 Å². The molecule has 0 aliphatic carbocycles. The van der Waals surface area contributed by atoms with Crippen molar-refractivity contribution in [1.29, 1.82) is 0 Å². The molecule has 0 spiro atoms. The molecule has 0 aliphatic rings. The molecule has 1 N–H and O–H groups in total. The number of esters is 1. The lowest BCUT2D eigenvalue weighted by molar-refractivity contribution is -0.122. The number of carbonyl (C=O) groups excluding carboxylic acids is 2. The lowest BCUT2D eigenvalue weighted by atomic mass is 9.87. The molecule has 168 valence electrons. The summed E-state index contributed by atoms with van der Waals surface area (Å²) < 4.78 is 21.3. The first-order valence-corrected chi connectivity index (χ1v) is 10.1. The van der Waals surface area contributed by atoms with Gasteiger partial charge in [-0.3, -0.25) is 4.79 Å². The molecule has 1 unspecified atom stereocenters. The minimum absolute atomic E-state index is 0.0256. The van der Waals surface area contributed by atoms with Crippen LogP contribution in [-0.4, -0.2) is 39.3 Å². The van der Waals surface area contributed by atoms with Gasteiger partial charge in [0.05, 0.1) is 32.6 Å². The molecule has 0 fully saturated rings. The zero-order valence-corrected chi connectivity index (χ0v) is 19.2. The summed E-state index contributed by atoms with van der Waals surface area (Å²) in [6.45, 7) is 8.25. The second-order valence-electron chi connectivity index (χ2n) is 8.02. The van der Waals surface area contributed by atoms with Crippen LogP contribution in [-0.2, 0) is 14.9 Å². The molecule has 2 rings (SSSR count). The van der Waals surface area contributed by atoms with E-state index >= 15 is 0 Å². The summed E-state index contributed by atoms with van der Waals surface area (Å²) >= 11 is 0. The number of amides is 1. The Morgan fingerprint density at radius 3 is 2.03 bits per heavy atom. The van der Waals surface area contributed by atoms with Crippen molar-refractivity contribution in [2.45, 2.75) is 45.6 Å². The van der Waals surface area contributed by atoms with E-state index < -0.39 is 12.1 Å². The average Bonchev–Trinajstić information content (AvgIpc) is 2.76. The second-order valence-corrected chi connectivity index (χ2v) is 8.02. The van der Waals surface area contributed by atoms with E-state index in [-0.39, 0.29) is 22.6 Å². The van der Waals surface area contributed by atoms with Crippen molar-refractivity contribution in [2.24, 2.45) is 0 Å². The van der Waals surface area contributed by atoms with Crippen LogP contribution in [0.5, 0.6) is 17.2 Å². The van der Waals surface area contributed by atoms with Gasteiger partial charge in [0.2, 0.25) is 0 Å². The van der Waals surface area contributed by atoms with E-state index in [1.165, 1.54) is 39.0 Å². The van der Waals surface area contributed by atoms with Gasteiger partial charge in [0.1, 0.15) is 5.75 Å². The molecule has 0 radical (unpaired) electrons. The third-order valence-electron chi connectivity index (χ3n) is 4.85. The Morgan fingerprint density at radius 2 is 1.55 bits per heavy atom. The molecule has 1 amide bonds. The molecule has 2 aromatic carbocycles. The highest BCUT2D eigenvalue weighted by Gasteiger charge is 2.24. The lowest BCUT2D eigenvalue weighted by Gasteiger charge is -2.21. The van der Waals surface area contributed by atoms with Crippen molar-refractivity contribution in [1.82, 2.24) is 0 Å². The van der Waals surface area contributed by atoms with Crippen molar-refractivity contribution in [3.8, 4) is 17.2 Å². The smallest absolute Gasteiger partial charge is 0.340 e. The average molecular weight is 430 g/mol. The number of hydrogen-bond donors (Lipinski definition) is 1. The van der Waals surface area contributed by atoms with Crippen LogP contribution in [0, 0.1) is 0 Å². The molecule has 0 aromatic heterocycles. The van der Waals surface area contributed by atoms with Crippen LogP contribution in [0.3, 0.4) is 0 Å². The Morgan fingerprint density at radius 1 is 0.968 bits per heavy atom. The maximum absolute atomic E-state index is 12.9. The Kier molecular flexibility index (Phi) is 7.91. The van der Waals surface area contributed by atoms with Crippen LogP contribution < -0.4 is 19.5 Å². The van der Waals surface area contributed by atoms with E-state index in [1.54, 1.807) is 0 Å². The Hall–Kier alpha value is -3.22. The monoisotopic (exact) mass is 429 g/mol. The largest absolute Gasteiger partial charge is 0.493 e. The minimum atomic E-state index is -0.751. The number of carbonyl (C=O) groups is 2. The van der Waals surface area contributed by atoms with Crippen molar-refractivity contribution >= 4 is 17.6 Å². The van der Waals surface area contributed by atoms with Gasteiger partial charge < -0.3 is 24.3 Å². The van der Waals surface area contributed by atoms with E-state index in [2.05, 4.69) is 26.1 Å². The lowest BCUT2D eigenvalue weighted by Crippen LogP contribution is -2.33. The fourth-order valence-electron chi connectivity index (χ4n) is 2.99. The third-order valence-corrected chi connectivity index (χ3v) is 4.85. The van der Waals surface area contributed by atoms with Gasteiger partial charge in [-0.2, -0.15) is 0 Å². The van der Waals surface area contributed by atoms with Crippen molar-refractivity contribution in [2.75, 3.05) is 26.6 Å². The summed E-state index contributed by atoms with van der Waals surface area (Å²) in [6.07, 6.45) is -0.313. The predicted octanol–water partition coefficient (Wildman–Crippen LogP) is 4.58. The molecular formula is C24H31NO6. The van der Waals surface area contributed by atoms with Crippen molar-refractivity contribution < 1.29 is 28.5 Å². The first-order chi connectivity index (χ1) is 14.6. The predicted molar refractivity (Wildman–Crippen MR) is 119 cm³/mol. The summed E-state index contributed by atoms with van der Waals surface area (Å²) in [5, 5.41) is 2.76. The molecule has 7 nitrogen and oxygen atoms in total. The highest BCUT2D eigenvalue weighted by molar-refractivity contribution is 6.03. The van der Waals surface area contributed by atoms with Gasteiger partial charge >= 0.3 is 5.97 Å². The van der Waals surface area contributed by atoms with Crippen LogP contribution in [0.25, 0.3) is 0 Å². The maximum atomic E-state index is 12.9. The summed E-state index contributed by atoms with van der Waals surface area (Å²) in [5.41, 5.74) is 1.60. The van der Waals surface area contributed by atoms with Gasteiger partial charge in [-0.15, -0.1) is 0 Å². The third kappa shape index (κ3) is 5.90. The Balaban J connectivity index is 2.26. The zero-order chi connectivity index (χ0) is 23.2. The molecule has 0 saturated carbocycles. The van der Waals surface area contributed by atoms with Crippen LogP contribution in [0.15, 0.2) is 36.4 Å². The molecule has 0 heterocycles. The summed E-state index contributed by atoms with van der Waals surface area (Å²) in [5.74, 6) is 0.318. The molecule has 7 heteroatoms. The SMILES string of the molecule is CCC(Oc1ccc(C(C)(C)C)cc1)C(=O)Nc1cc(OC)c(OC)cc1C(=O)OC. The molecule has 0 saturated heterocycles. The quantitative estimate of drug-likeness (QED) is 0.618. The fraction of sp³-hybridized carbons (Fsp3) is 0.417. The van der Waals surface area contributed by atoms with Gasteiger partial charge in [-0.25, -0.2) is 4.79 Å². The van der Waals surface area contributed by atoms with Crippen LogP contribution >= 0.6 is 0 Å². The number of nitrogens with one attached hydrogen (secondary N) is 1. The number of benzene rings is 2. The highest BCUT2D eigenvalue weighted by atomic mass is 16.5.